The first kappa shape index (κ1) is 11.1. The van der Waals surface area contributed by atoms with Crippen LogP contribution in [0, 0.1) is 12.8 Å². The van der Waals surface area contributed by atoms with Crippen LogP contribution in [-0.4, -0.2) is 24.0 Å². The third-order valence-electron chi connectivity index (χ3n) is 2.95. The minimum absolute atomic E-state index is 0.141. The minimum atomic E-state index is 0.141. The second kappa shape index (κ2) is 5.07. The van der Waals surface area contributed by atoms with E-state index in [0.717, 1.165) is 24.2 Å². The first-order valence-corrected chi connectivity index (χ1v) is 5.62. The van der Waals surface area contributed by atoms with E-state index >= 15 is 0 Å². The van der Waals surface area contributed by atoms with Crippen molar-refractivity contribution in [2.45, 2.75) is 19.9 Å². The van der Waals surface area contributed by atoms with Gasteiger partial charge in [-0.25, -0.2) is 0 Å². The van der Waals surface area contributed by atoms with Crippen molar-refractivity contribution >= 4 is 5.91 Å². The van der Waals surface area contributed by atoms with Crippen molar-refractivity contribution in [2.75, 3.05) is 13.1 Å². The van der Waals surface area contributed by atoms with Gasteiger partial charge in [0.2, 0.25) is 5.91 Å². The lowest BCUT2D eigenvalue weighted by molar-refractivity contribution is -0.122. The Morgan fingerprint density at radius 3 is 3.06 bits per heavy atom. The molecule has 1 saturated heterocycles. The highest BCUT2D eigenvalue weighted by Gasteiger charge is 2.19. The van der Waals surface area contributed by atoms with Gasteiger partial charge in [0, 0.05) is 25.4 Å². The zero-order chi connectivity index (χ0) is 11.4. The van der Waals surface area contributed by atoms with Gasteiger partial charge < -0.3 is 10.6 Å². The zero-order valence-electron chi connectivity index (χ0n) is 9.49. The van der Waals surface area contributed by atoms with Crippen molar-refractivity contribution in [3.63, 3.8) is 0 Å². The van der Waals surface area contributed by atoms with Crippen LogP contribution in [-0.2, 0) is 11.3 Å². The topological polar surface area (TPSA) is 54.0 Å². The van der Waals surface area contributed by atoms with E-state index < -0.39 is 0 Å². The number of hydrogen-bond donors (Lipinski definition) is 2. The number of amides is 1. The summed E-state index contributed by atoms with van der Waals surface area (Å²) in [5.41, 5.74) is 2.25. The van der Waals surface area contributed by atoms with Crippen molar-refractivity contribution in [1.29, 1.82) is 0 Å². The molecule has 0 spiro atoms. The number of carbonyl (C=O) groups is 1. The van der Waals surface area contributed by atoms with Gasteiger partial charge in [0.05, 0.1) is 0 Å². The van der Waals surface area contributed by atoms with Gasteiger partial charge in [-0.3, -0.25) is 9.78 Å². The van der Waals surface area contributed by atoms with Crippen LogP contribution in [0.4, 0.5) is 0 Å². The quantitative estimate of drug-likeness (QED) is 0.780. The fraction of sp³-hybridized carbons (Fsp3) is 0.500. The van der Waals surface area contributed by atoms with E-state index in [2.05, 4.69) is 15.6 Å². The van der Waals surface area contributed by atoms with Crippen molar-refractivity contribution < 1.29 is 4.79 Å². The van der Waals surface area contributed by atoms with E-state index in [9.17, 15) is 4.79 Å². The van der Waals surface area contributed by atoms with E-state index in [4.69, 9.17) is 0 Å². The Balaban J connectivity index is 1.78. The highest BCUT2D eigenvalue weighted by molar-refractivity contribution is 5.76. The lowest BCUT2D eigenvalue weighted by atomic mass is 9.99. The van der Waals surface area contributed by atoms with Crippen molar-refractivity contribution in [1.82, 2.24) is 15.6 Å². The van der Waals surface area contributed by atoms with Gasteiger partial charge in [-0.05, 0) is 43.1 Å². The molecule has 4 nitrogen and oxygen atoms in total. The number of carbonyl (C=O) groups excluding carboxylic acids is 1. The SMILES string of the molecule is Cc1cnccc1CNC(=O)CC1CNC1. The van der Waals surface area contributed by atoms with Gasteiger partial charge >= 0.3 is 0 Å². The number of aryl methyl sites for hydroxylation is 1. The summed E-state index contributed by atoms with van der Waals surface area (Å²) in [6, 6.07) is 1.94. The van der Waals surface area contributed by atoms with Crippen molar-refractivity contribution in [3.8, 4) is 0 Å². The molecule has 0 saturated carbocycles. The van der Waals surface area contributed by atoms with Gasteiger partial charge in [0.15, 0.2) is 0 Å². The highest BCUT2D eigenvalue weighted by atomic mass is 16.1. The van der Waals surface area contributed by atoms with E-state index in [1.54, 1.807) is 6.20 Å². The Kier molecular flexibility index (Phi) is 3.51. The Morgan fingerprint density at radius 1 is 1.62 bits per heavy atom. The smallest absolute Gasteiger partial charge is 0.220 e. The molecule has 1 aliphatic heterocycles. The maximum atomic E-state index is 11.6. The van der Waals surface area contributed by atoms with Gasteiger partial charge in [-0.15, -0.1) is 0 Å². The lowest BCUT2D eigenvalue weighted by Gasteiger charge is -2.26. The van der Waals surface area contributed by atoms with Crippen LogP contribution in [0.25, 0.3) is 0 Å². The van der Waals surface area contributed by atoms with E-state index in [1.165, 1.54) is 0 Å². The molecule has 1 amide bonds. The summed E-state index contributed by atoms with van der Waals surface area (Å²) in [6.07, 6.45) is 4.21. The standard InChI is InChI=1S/C12H17N3O/c1-9-5-13-3-2-11(9)8-15-12(16)4-10-6-14-7-10/h2-3,5,10,14H,4,6-8H2,1H3,(H,15,16). The second-order valence-electron chi connectivity index (χ2n) is 4.31. The Morgan fingerprint density at radius 2 is 2.44 bits per heavy atom. The van der Waals surface area contributed by atoms with Crippen LogP contribution in [0.15, 0.2) is 18.5 Å². The summed E-state index contributed by atoms with van der Waals surface area (Å²) in [6.45, 7) is 4.56. The molecule has 0 aromatic carbocycles. The summed E-state index contributed by atoms with van der Waals surface area (Å²) in [4.78, 5) is 15.6. The van der Waals surface area contributed by atoms with E-state index in [-0.39, 0.29) is 5.91 Å². The minimum Gasteiger partial charge on any atom is -0.352 e. The first-order chi connectivity index (χ1) is 7.75. The number of nitrogens with one attached hydrogen (secondary N) is 2. The number of nitrogens with zero attached hydrogens (tertiary/aromatic N) is 1. The molecule has 4 heteroatoms. The van der Waals surface area contributed by atoms with Crippen LogP contribution in [0.3, 0.4) is 0 Å². The van der Waals surface area contributed by atoms with E-state index in [1.807, 2.05) is 19.2 Å². The molecule has 1 aromatic heterocycles. The average Bonchev–Trinajstić information content (AvgIpc) is 2.22. The first-order valence-electron chi connectivity index (χ1n) is 5.62. The third-order valence-corrected chi connectivity index (χ3v) is 2.95. The van der Waals surface area contributed by atoms with E-state index in [0.29, 0.717) is 18.9 Å². The average molecular weight is 219 g/mol. The van der Waals surface area contributed by atoms with Crippen molar-refractivity contribution in [3.05, 3.63) is 29.6 Å². The van der Waals surface area contributed by atoms with Crippen LogP contribution in [0.2, 0.25) is 0 Å². The number of aromatic nitrogens is 1. The molecule has 0 atom stereocenters. The second-order valence-corrected chi connectivity index (χ2v) is 4.31. The maximum Gasteiger partial charge on any atom is 0.220 e. The van der Waals surface area contributed by atoms with Gasteiger partial charge in [-0.1, -0.05) is 0 Å². The molecule has 0 aliphatic carbocycles. The molecule has 0 bridgehead atoms. The summed E-state index contributed by atoms with van der Waals surface area (Å²) in [5, 5.41) is 6.11. The predicted octanol–water partition coefficient (Wildman–Crippen LogP) is 0.616. The Hall–Kier alpha value is -1.42. The molecular weight excluding hydrogens is 202 g/mol. The highest BCUT2D eigenvalue weighted by Crippen LogP contribution is 2.08. The molecule has 16 heavy (non-hydrogen) atoms. The van der Waals surface area contributed by atoms with Crippen LogP contribution >= 0.6 is 0 Å². The fourth-order valence-corrected chi connectivity index (χ4v) is 1.72. The largest absolute Gasteiger partial charge is 0.352 e. The maximum absolute atomic E-state index is 11.6. The normalized spacial score (nSPS) is 15.6. The van der Waals surface area contributed by atoms with Crippen LogP contribution in [0.1, 0.15) is 17.5 Å². The zero-order valence-corrected chi connectivity index (χ0v) is 9.49. The van der Waals surface area contributed by atoms with Gasteiger partial charge in [0.1, 0.15) is 0 Å². The van der Waals surface area contributed by atoms with Gasteiger partial charge in [-0.2, -0.15) is 0 Å². The predicted molar refractivity (Wildman–Crippen MR) is 61.8 cm³/mol. The number of hydrogen-bond acceptors (Lipinski definition) is 3. The lowest BCUT2D eigenvalue weighted by Crippen LogP contribution is -2.44. The van der Waals surface area contributed by atoms with Crippen LogP contribution in [0.5, 0.6) is 0 Å². The van der Waals surface area contributed by atoms with Crippen LogP contribution < -0.4 is 10.6 Å². The summed E-state index contributed by atoms with van der Waals surface area (Å²) in [5.74, 6) is 0.668. The summed E-state index contributed by atoms with van der Waals surface area (Å²) in [7, 11) is 0. The molecule has 2 heterocycles. The Bertz CT molecular complexity index is 374. The third kappa shape index (κ3) is 2.79. The molecule has 1 fully saturated rings. The number of pyridine rings is 1. The molecule has 2 N–H and O–H groups in total. The monoisotopic (exact) mass is 219 g/mol. The molecular formula is C12H17N3O. The Labute approximate surface area is 95.5 Å². The number of rotatable bonds is 4. The van der Waals surface area contributed by atoms with Gasteiger partial charge in [0.25, 0.3) is 0 Å². The summed E-state index contributed by atoms with van der Waals surface area (Å²) < 4.78 is 0. The molecule has 1 aliphatic rings. The molecule has 1 aromatic rings. The molecule has 86 valence electrons. The fourth-order valence-electron chi connectivity index (χ4n) is 1.72. The molecule has 0 unspecified atom stereocenters. The van der Waals surface area contributed by atoms with Crippen molar-refractivity contribution in [2.24, 2.45) is 5.92 Å². The molecule has 2 rings (SSSR count). The molecule has 0 radical (unpaired) electrons. The summed E-state index contributed by atoms with van der Waals surface area (Å²) >= 11 is 0.